The van der Waals surface area contributed by atoms with E-state index in [1.54, 1.807) is 0 Å². The van der Waals surface area contributed by atoms with Crippen LogP contribution in [-0.2, 0) is 0 Å². The summed E-state index contributed by atoms with van der Waals surface area (Å²) < 4.78 is 0. The van der Waals surface area contributed by atoms with Crippen LogP contribution < -0.4 is 5.73 Å². The summed E-state index contributed by atoms with van der Waals surface area (Å²) in [5, 5.41) is 10.7. The summed E-state index contributed by atoms with van der Waals surface area (Å²) in [5.74, 6) is 1.31. The molecule has 0 aromatic heterocycles. The highest BCUT2D eigenvalue weighted by molar-refractivity contribution is 4.94. The van der Waals surface area contributed by atoms with Gasteiger partial charge in [-0.2, -0.15) is 0 Å². The van der Waals surface area contributed by atoms with Gasteiger partial charge in [-0.3, -0.25) is 0 Å². The number of aliphatic hydroxyl groups excluding tert-OH is 1. The molecule has 1 unspecified atom stereocenters. The zero-order chi connectivity index (χ0) is 13.6. The molecule has 2 heteroatoms. The van der Waals surface area contributed by atoms with Crippen molar-refractivity contribution in [1.82, 2.24) is 0 Å². The average molecular weight is 255 g/mol. The van der Waals surface area contributed by atoms with Crippen LogP contribution in [0.3, 0.4) is 0 Å². The molecule has 0 aliphatic heterocycles. The van der Waals surface area contributed by atoms with Crippen LogP contribution >= 0.6 is 0 Å². The fourth-order valence-corrected chi connectivity index (χ4v) is 3.81. The van der Waals surface area contributed by atoms with Crippen molar-refractivity contribution in [3.8, 4) is 0 Å². The van der Waals surface area contributed by atoms with E-state index < -0.39 is 0 Å². The van der Waals surface area contributed by atoms with Gasteiger partial charge in [0.2, 0.25) is 0 Å². The quantitative estimate of drug-likeness (QED) is 0.728. The van der Waals surface area contributed by atoms with Gasteiger partial charge < -0.3 is 10.8 Å². The van der Waals surface area contributed by atoms with Crippen molar-refractivity contribution >= 4 is 0 Å². The van der Waals surface area contributed by atoms with E-state index in [4.69, 9.17) is 5.73 Å². The Morgan fingerprint density at radius 1 is 1.17 bits per heavy atom. The van der Waals surface area contributed by atoms with Crippen LogP contribution in [0.1, 0.15) is 72.1 Å². The van der Waals surface area contributed by atoms with Crippen LogP contribution in [0.5, 0.6) is 0 Å². The standard InChI is InChI=1S/C16H33NO/c1-4-7-13-8-10-16(12-17,11-9-13)15(18)14(5-2)6-3/h13-15,18H,4-12,17H2,1-3H3. The highest BCUT2D eigenvalue weighted by Gasteiger charge is 2.42. The lowest BCUT2D eigenvalue weighted by Gasteiger charge is -2.45. The Bertz CT molecular complexity index is 217. The molecule has 0 spiro atoms. The normalized spacial score (nSPS) is 30.7. The second-order valence-corrected chi connectivity index (χ2v) is 6.32. The summed E-state index contributed by atoms with van der Waals surface area (Å²) >= 11 is 0. The van der Waals surface area contributed by atoms with Crippen LogP contribution in [0.2, 0.25) is 0 Å². The van der Waals surface area contributed by atoms with E-state index >= 15 is 0 Å². The second-order valence-electron chi connectivity index (χ2n) is 6.32. The molecule has 1 atom stereocenters. The number of nitrogens with two attached hydrogens (primary N) is 1. The summed E-state index contributed by atoms with van der Waals surface area (Å²) in [4.78, 5) is 0. The van der Waals surface area contributed by atoms with Gasteiger partial charge in [0.1, 0.15) is 0 Å². The Hall–Kier alpha value is -0.0800. The zero-order valence-electron chi connectivity index (χ0n) is 12.6. The fourth-order valence-electron chi connectivity index (χ4n) is 3.81. The first kappa shape index (κ1) is 16.0. The maximum atomic E-state index is 10.7. The molecule has 18 heavy (non-hydrogen) atoms. The first-order chi connectivity index (χ1) is 8.63. The maximum Gasteiger partial charge on any atom is 0.0636 e. The fraction of sp³-hybridized carbons (Fsp3) is 1.00. The molecule has 1 aliphatic rings. The van der Waals surface area contributed by atoms with Crippen molar-refractivity contribution in [3.63, 3.8) is 0 Å². The number of aliphatic hydroxyl groups is 1. The largest absolute Gasteiger partial charge is 0.392 e. The van der Waals surface area contributed by atoms with Gasteiger partial charge in [0.05, 0.1) is 6.10 Å². The lowest BCUT2D eigenvalue weighted by Crippen LogP contribution is -2.47. The average Bonchev–Trinajstić information content (AvgIpc) is 2.41. The molecule has 0 amide bonds. The minimum Gasteiger partial charge on any atom is -0.392 e. The van der Waals surface area contributed by atoms with Crippen molar-refractivity contribution in [1.29, 1.82) is 0 Å². The third kappa shape index (κ3) is 3.48. The van der Waals surface area contributed by atoms with Crippen LogP contribution in [0.4, 0.5) is 0 Å². The van der Waals surface area contributed by atoms with Crippen LogP contribution in [0.25, 0.3) is 0 Å². The van der Waals surface area contributed by atoms with Gasteiger partial charge in [-0.15, -0.1) is 0 Å². The Labute approximate surface area is 113 Å². The lowest BCUT2D eigenvalue weighted by atomic mass is 9.63. The predicted octanol–water partition coefficient (Wildman–Crippen LogP) is 3.72. The van der Waals surface area contributed by atoms with E-state index in [0.717, 1.165) is 31.6 Å². The van der Waals surface area contributed by atoms with Crippen LogP contribution in [-0.4, -0.2) is 17.8 Å². The van der Waals surface area contributed by atoms with E-state index in [-0.39, 0.29) is 11.5 Å². The van der Waals surface area contributed by atoms with E-state index in [9.17, 15) is 5.11 Å². The molecule has 3 N–H and O–H groups in total. The van der Waals surface area contributed by atoms with Crippen LogP contribution in [0.15, 0.2) is 0 Å². The first-order valence-electron chi connectivity index (χ1n) is 8.01. The van der Waals surface area contributed by atoms with Crippen molar-refractivity contribution in [3.05, 3.63) is 0 Å². The second kappa shape index (κ2) is 7.49. The minimum atomic E-state index is -0.194. The van der Waals surface area contributed by atoms with Crippen molar-refractivity contribution in [2.75, 3.05) is 6.54 Å². The van der Waals surface area contributed by atoms with Gasteiger partial charge in [-0.05, 0) is 37.5 Å². The summed E-state index contributed by atoms with van der Waals surface area (Å²) in [6.07, 6.45) is 9.37. The first-order valence-corrected chi connectivity index (χ1v) is 8.01. The van der Waals surface area contributed by atoms with Crippen molar-refractivity contribution in [2.24, 2.45) is 23.0 Å². The molecule has 0 saturated heterocycles. The van der Waals surface area contributed by atoms with Gasteiger partial charge in [0, 0.05) is 12.0 Å². The third-order valence-electron chi connectivity index (χ3n) is 5.33. The highest BCUT2D eigenvalue weighted by Crippen LogP contribution is 2.45. The predicted molar refractivity (Wildman–Crippen MR) is 78.4 cm³/mol. The third-order valence-corrected chi connectivity index (χ3v) is 5.33. The van der Waals surface area contributed by atoms with E-state index in [0.29, 0.717) is 12.5 Å². The van der Waals surface area contributed by atoms with E-state index in [2.05, 4.69) is 20.8 Å². The summed E-state index contributed by atoms with van der Waals surface area (Å²) in [5.41, 5.74) is 6.06. The summed E-state index contributed by atoms with van der Waals surface area (Å²) in [6, 6.07) is 0. The molecule has 1 rings (SSSR count). The van der Waals surface area contributed by atoms with E-state index in [1.807, 2.05) is 0 Å². The Kier molecular flexibility index (Phi) is 6.65. The van der Waals surface area contributed by atoms with Gasteiger partial charge in [-0.1, -0.05) is 46.5 Å². The molecule has 0 bridgehead atoms. The summed E-state index contributed by atoms with van der Waals surface area (Å²) in [6.45, 7) is 7.29. The maximum absolute atomic E-state index is 10.7. The number of hydrogen-bond acceptors (Lipinski definition) is 2. The SMILES string of the molecule is CCCC1CCC(CN)(C(O)C(CC)CC)CC1. The molecule has 0 aromatic carbocycles. The zero-order valence-corrected chi connectivity index (χ0v) is 12.6. The van der Waals surface area contributed by atoms with Gasteiger partial charge in [0.25, 0.3) is 0 Å². The highest BCUT2D eigenvalue weighted by atomic mass is 16.3. The topological polar surface area (TPSA) is 46.2 Å². The van der Waals surface area contributed by atoms with Crippen molar-refractivity contribution in [2.45, 2.75) is 78.2 Å². The van der Waals surface area contributed by atoms with Gasteiger partial charge >= 0.3 is 0 Å². The molecular weight excluding hydrogens is 222 g/mol. The molecule has 1 saturated carbocycles. The Balaban J connectivity index is 2.64. The minimum absolute atomic E-state index is 0.0148. The molecule has 1 fully saturated rings. The molecule has 1 aliphatic carbocycles. The van der Waals surface area contributed by atoms with Gasteiger partial charge in [0.15, 0.2) is 0 Å². The molecule has 0 heterocycles. The monoisotopic (exact) mass is 255 g/mol. The van der Waals surface area contributed by atoms with Crippen LogP contribution in [0, 0.1) is 17.3 Å². The number of rotatable bonds is 7. The molecule has 0 aromatic rings. The number of hydrogen-bond donors (Lipinski definition) is 2. The van der Waals surface area contributed by atoms with Gasteiger partial charge in [-0.25, -0.2) is 0 Å². The Morgan fingerprint density at radius 3 is 2.11 bits per heavy atom. The lowest BCUT2D eigenvalue weighted by molar-refractivity contribution is -0.0471. The Morgan fingerprint density at radius 2 is 1.72 bits per heavy atom. The van der Waals surface area contributed by atoms with E-state index in [1.165, 1.54) is 25.7 Å². The molecular formula is C16H33NO. The smallest absolute Gasteiger partial charge is 0.0636 e. The molecule has 108 valence electrons. The molecule has 0 radical (unpaired) electrons. The summed E-state index contributed by atoms with van der Waals surface area (Å²) in [7, 11) is 0. The van der Waals surface area contributed by atoms with Crippen molar-refractivity contribution < 1.29 is 5.11 Å². The molecule has 2 nitrogen and oxygen atoms in total.